The molecule has 0 rings (SSSR count). The number of hydrogen-bond acceptors (Lipinski definition) is 3. The third-order valence-electron chi connectivity index (χ3n) is 0.476. The van der Waals surface area contributed by atoms with Gasteiger partial charge in [-0.25, -0.2) is 0 Å². The van der Waals surface area contributed by atoms with Crippen LogP contribution in [0.1, 0.15) is 0 Å². The summed E-state index contributed by atoms with van der Waals surface area (Å²) in [5.74, 6) is 0. The monoisotopic (exact) mass is 137 g/mol. The molecule has 0 amide bonds. The van der Waals surface area contributed by atoms with Gasteiger partial charge in [0.15, 0.2) is 0 Å². The molecule has 0 saturated heterocycles. The Labute approximate surface area is 50.6 Å². The van der Waals surface area contributed by atoms with E-state index in [2.05, 4.69) is 26.7 Å². The lowest BCUT2D eigenvalue weighted by molar-refractivity contribution is 0.358. The summed E-state index contributed by atoms with van der Waals surface area (Å²) in [6, 6.07) is 0. The SMILES string of the molecule is OCC(=S)CNP. The molecule has 0 fully saturated rings. The fourth-order valence-corrected chi connectivity index (χ4v) is 0.647. The summed E-state index contributed by atoms with van der Waals surface area (Å²) >= 11 is 4.63. The molecule has 2 N–H and O–H groups in total. The molecule has 1 unspecified atom stereocenters. The van der Waals surface area contributed by atoms with Gasteiger partial charge in [0.2, 0.25) is 0 Å². The van der Waals surface area contributed by atoms with E-state index in [0.717, 1.165) is 0 Å². The number of aliphatic hydroxyl groups is 1. The highest BCUT2D eigenvalue weighted by molar-refractivity contribution is 7.80. The van der Waals surface area contributed by atoms with Crippen LogP contribution in [0.4, 0.5) is 0 Å². The molecule has 0 aromatic carbocycles. The first kappa shape index (κ1) is 7.44. The fraction of sp³-hybridized carbons (Fsp3) is 0.667. The van der Waals surface area contributed by atoms with Gasteiger partial charge in [-0.2, -0.15) is 0 Å². The summed E-state index contributed by atoms with van der Waals surface area (Å²) in [5.41, 5.74) is 0. The third-order valence-corrected chi connectivity index (χ3v) is 0.953. The average molecular weight is 137 g/mol. The van der Waals surface area contributed by atoms with Crippen molar-refractivity contribution in [2.75, 3.05) is 13.2 Å². The van der Waals surface area contributed by atoms with Gasteiger partial charge in [0, 0.05) is 11.4 Å². The topological polar surface area (TPSA) is 32.3 Å². The zero-order chi connectivity index (χ0) is 5.70. The largest absolute Gasteiger partial charge is 0.391 e. The van der Waals surface area contributed by atoms with Crippen LogP contribution in [0.25, 0.3) is 0 Å². The highest BCUT2D eigenvalue weighted by Crippen LogP contribution is 1.74. The summed E-state index contributed by atoms with van der Waals surface area (Å²) in [6.45, 7) is 0.591. The number of hydrogen-bond donors (Lipinski definition) is 2. The Morgan fingerprint density at radius 2 is 2.43 bits per heavy atom. The number of nitrogens with one attached hydrogen (secondary N) is 1. The van der Waals surface area contributed by atoms with Gasteiger partial charge >= 0.3 is 0 Å². The standard InChI is InChI=1S/C3H8NOPS/c5-2-3(7)1-4-6/h4-5H,1-2,6H2. The van der Waals surface area contributed by atoms with Crippen LogP contribution in [-0.4, -0.2) is 23.1 Å². The lowest BCUT2D eigenvalue weighted by Crippen LogP contribution is -2.14. The highest BCUT2D eigenvalue weighted by atomic mass is 32.1. The Hall–Kier alpha value is 0.440. The second kappa shape index (κ2) is 4.60. The Kier molecular flexibility index (Phi) is 4.88. The summed E-state index contributed by atoms with van der Waals surface area (Å²) in [4.78, 5) is 0.634. The highest BCUT2D eigenvalue weighted by Gasteiger charge is 1.86. The second-order valence-corrected chi connectivity index (χ2v) is 2.06. The van der Waals surface area contributed by atoms with Crippen LogP contribution < -0.4 is 5.09 Å². The van der Waals surface area contributed by atoms with Crippen LogP contribution in [-0.2, 0) is 0 Å². The quantitative estimate of drug-likeness (QED) is 0.415. The van der Waals surface area contributed by atoms with Gasteiger partial charge in [-0.15, -0.1) is 0 Å². The van der Waals surface area contributed by atoms with Crippen molar-refractivity contribution < 1.29 is 5.11 Å². The van der Waals surface area contributed by atoms with E-state index in [1.165, 1.54) is 0 Å². The van der Waals surface area contributed by atoms with Gasteiger partial charge in [-0.05, 0) is 0 Å². The van der Waals surface area contributed by atoms with Crippen molar-refractivity contribution in [1.82, 2.24) is 5.09 Å². The molecule has 0 heterocycles. The first-order valence-electron chi connectivity index (χ1n) is 1.87. The van der Waals surface area contributed by atoms with Crippen LogP contribution >= 0.6 is 21.6 Å². The van der Waals surface area contributed by atoms with E-state index in [4.69, 9.17) is 5.11 Å². The first-order chi connectivity index (χ1) is 3.31. The normalized spacial score (nSPS) is 8.86. The molecule has 0 aromatic heterocycles. The molecule has 0 spiro atoms. The predicted molar refractivity (Wildman–Crippen MR) is 37.4 cm³/mol. The molecule has 0 aliphatic carbocycles. The Morgan fingerprint density at radius 1 is 1.86 bits per heavy atom. The van der Waals surface area contributed by atoms with Crippen molar-refractivity contribution in [2.24, 2.45) is 0 Å². The lowest BCUT2D eigenvalue weighted by atomic mass is 10.5. The average Bonchev–Trinajstić information content (AvgIpc) is 1.68. The van der Waals surface area contributed by atoms with E-state index < -0.39 is 0 Å². The van der Waals surface area contributed by atoms with E-state index in [9.17, 15) is 0 Å². The number of rotatable bonds is 3. The van der Waals surface area contributed by atoms with Crippen molar-refractivity contribution >= 4 is 26.5 Å². The molecule has 1 atom stereocenters. The van der Waals surface area contributed by atoms with Crippen molar-refractivity contribution in [1.29, 1.82) is 0 Å². The summed E-state index contributed by atoms with van der Waals surface area (Å²) in [7, 11) is 2.30. The minimum Gasteiger partial charge on any atom is -0.391 e. The van der Waals surface area contributed by atoms with Crippen molar-refractivity contribution in [2.45, 2.75) is 0 Å². The molecule has 2 nitrogen and oxygen atoms in total. The van der Waals surface area contributed by atoms with Gasteiger partial charge in [0.1, 0.15) is 0 Å². The van der Waals surface area contributed by atoms with Crippen LogP contribution in [0.5, 0.6) is 0 Å². The van der Waals surface area contributed by atoms with Gasteiger partial charge in [0.05, 0.1) is 6.61 Å². The summed E-state index contributed by atoms with van der Waals surface area (Å²) in [6.07, 6.45) is 0. The zero-order valence-corrected chi connectivity index (χ0v) is 5.82. The predicted octanol–water partition coefficient (Wildman–Crippen LogP) is -0.272. The van der Waals surface area contributed by atoms with Crippen LogP contribution in [0.3, 0.4) is 0 Å². The second-order valence-electron chi connectivity index (χ2n) is 1.08. The van der Waals surface area contributed by atoms with Crippen LogP contribution in [0.2, 0.25) is 0 Å². The summed E-state index contributed by atoms with van der Waals surface area (Å²) < 4.78 is 0. The Morgan fingerprint density at radius 3 is 2.57 bits per heavy atom. The molecular formula is C3H8NOPS. The molecular weight excluding hydrogens is 129 g/mol. The van der Waals surface area contributed by atoms with Crippen molar-refractivity contribution in [3.05, 3.63) is 0 Å². The van der Waals surface area contributed by atoms with E-state index in [1.54, 1.807) is 0 Å². The van der Waals surface area contributed by atoms with Crippen LogP contribution in [0, 0.1) is 0 Å². The smallest absolute Gasteiger partial charge is 0.0757 e. The fourth-order valence-electron chi connectivity index (χ4n) is 0.170. The minimum absolute atomic E-state index is 0.00324. The third kappa shape index (κ3) is 4.29. The van der Waals surface area contributed by atoms with E-state index in [0.29, 0.717) is 11.4 Å². The maximum absolute atomic E-state index is 8.28. The van der Waals surface area contributed by atoms with E-state index in [1.807, 2.05) is 0 Å². The Bertz CT molecular complexity index is 68.0. The summed E-state index contributed by atoms with van der Waals surface area (Å²) in [5, 5.41) is 11.0. The molecule has 0 radical (unpaired) electrons. The van der Waals surface area contributed by atoms with Crippen molar-refractivity contribution in [3.8, 4) is 0 Å². The van der Waals surface area contributed by atoms with Crippen LogP contribution in [0.15, 0.2) is 0 Å². The van der Waals surface area contributed by atoms with E-state index in [-0.39, 0.29) is 6.61 Å². The molecule has 0 aliphatic rings. The Balaban J connectivity index is 3.00. The molecule has 4 heteroatoms. The van der Waals surface area contributed by atoms with Crippen molar-refractivity contribution in [3.63, 3.8) is 0 Å². The molecule has 0 aliphatic heterocycles. The molecule has 0 saturated carbocycles. The van der Waals surface area contributed by atoms with E-state index >= 15 is 0 Å². The molecule has 0 aromatic rings. The number of thiocarbonyl (C=S) groups is 1. The van der Waals surface area contributed by atoms with Gasteiger partial charge in [-0.3, -0.25) is 5.09 Å². The lowest BCUT2D eigenvalue weighted by Gasteiger charge is -1.93. The molecule has 0 bridgehead atoms. The maximum atomic E-state index is 8.28. The minimum atomic E-state index is -0.00324. The molecule has 42 valence electrons. The van der Waals surface area contributed by atoms with Gasteiger partial charge in [0.25, 0.3) is 0 Å². The number of aliphatic hydroxyl groups excluding tert-OH is 1. The maximum Gasteiger partial charge on any atom is 0.0757 e. The van der Waals surface area contributed by atoms with Gasteiger partial charge < -0.3 is 5.11 Å². The molecule has 7 heavy (non-hydrogen) atoms. The van der Waals surface area contributed by atoms with Gasteiger partial charge in [-0.1, -0.05) is 21.6 Å². The first-order valence-corrected chi connectivity index (χ1v) is 2.86. The zero-order valence-electron chi connectivity index (χ0n) is 3.85.